The van der Waals surface area contributed by atoms with Crippen molar-refractivity contribution in [3.63, 3.8) is 0 Å². The smallest absolute Gasteiger partial charge is 0.290 e. The summed E-state index contributed by atoms with van der Waals surface area (Å²) in [5.41, 5.74) is 0. The Morgan fingerprint density at radius 2 is 2.42 bits per heavy atom. The van der Waals surface area contributed by atoms with Crippen LogP contribution in [-0.4, -0.2) is 34.0 Å². The second kappa shape index (κ2) is 4.80. The predicted molar refractivity (Wildman–Crippen MR) is 68.7 cm³/mol. The van der Waals surface area contributed by atoms with Gasteiger partial charge in [0, 0.05) is 13.1 Å². The van der Waals surface area contributed by atoms with Crippen LogP contribution >= 0.6 is 15.9 Å². The van der Waals surface area contributed by atoms with Crippen LogP contribution in [-0.2, 0) is 0 Å². The van der Waals surface area contributed by atoms with E-state index in [1.807, 2.05) is 0 Å². The first kappa shape index (κ1) is 12.4. The number of aromatic nitrogens is 2. The van der Waals surface area contributed by atoms with E-state index in [0.717, 1.165) is 6.42 Å². The molecular formula is C12H12BrN3O3. The van der Waals surface area contributed by atoms with Gasteiger partial charge >= 0.3 is 0 Å². The molecule has 19 heavy (non-hydrogen) atoms. The summed E-state index contributed by atoms with van der Waals surface area (Å²) in [6.07, 6.45) is 2.32. The van der Waals surface area contributed by atoms with E-state index in [2.05, 4.69) is 26.1 Å². The maximum Gasteiger partial charge on any atom is 0.290 e. The quantitative estimate of drug-likeness (QED) is 0.847. The lowest BCUT2D eigenvalue weighted by Gasteiger charge is -2.14. The molecule has 1 amide bonds. The zero-order chi connectivity index (χ0) is 13.4. The summed E-state index contributed by atoms with van der Waals surface area (Å²) in [6.45, 7) is 3.02. The highest BCUT2D eigenvalue weighted by atomic mass is 79.9. The lowest BCUT2D eigenvalue weighted by atomic mass is 10.1. The molecule has 0 aliphatic carbocycles. The van der Waals surface area contributed by atoms with Gasteiger partial charge in [0.25, 0.3) is 5.91 Å². The fourth-order valence-electron chi connectivity index (χ4n) is 2.22. The first-order valence-corrected chi connectivity index (χ1v) is 6.77. The number of furan rings is 1. The van der Waals surface area contributed by atoms with Crippen molar-refractivity contribution in [1.82, 2.24) is 15.0 Å². The van der Waals surface area contributed by atoms with Gasteiger partial charge < -0.3 is 13.8 Å². The molecule has 0 spiro atoms. The fraction of sp³-hybridized carbons (Fsp3) is 0.417. The molecule has 6 nitrogen and oxygen atoms in total. The van der Waals surface area contributed by atoms with Gasteiger partial charge in [-0.2, -0.15) is 4.98 Å². The molecule has 2 aromatic heterocycles. The van der Waals surface area contributed by atoms with E-state index in [0.29, 0.717) is 35.0 Å². The van der Waals surface area contributed by atoms with Crippen molar-refractivity contribution in [2.45, 2.75) is 19.3 Å². The molecule has 3 rings (SSSR count). The van der Waals surface area contributed by atoms with Crippen molar-refractivity contribution in [1.29, 1.82) is 0 Å². The first-order valence-electron chi connectivity index (χ1n) is 5.97. The number of carbonyl (C=O) groups is 1. The molecule has 3 heterocycles. The van der Waals surface area contributed by atoms with E-state index in [1.165, 1.54) is 6.26 Å². The summed E-state index contributed by atoms with van der Waals surface area (Å²) in [7, 11) is 0. The van der Waals surface area contributed by atoms with E-state index in [4.69, 9.17) is 8.94 Å². The minimum atomic E-state index is -0.115. The van der Waals surface area contributed by atoms with Crippen LogP contribution in [0.25, 0.3) is 0 Å². The molecule has 2 aromatic rings. The molecule has 1 aliphatic heterocycles. The van der Waals surface area contributed by atoms with E-state index < -0.39 is 0 Å². The number of halogens is 1. The largest absolute Gasteiger partial charge is 0.458 e. The predicted octanol–water partition coefficient (Wildman–Crippen LogP) is 2.36. The Labute approximate surface area is 117 Å². The Morgan fingerprint density at radius 1 is 1.58 bits per heavy atom. The lowest BCUT2D eigenvalue weighted by Crippen LogP contribution is -2.28. The number of carbonyl (C=O) groups excluding carboxylic acids is 1. The van der Waals surface area contributed by atoms with Crippen LogP contribution in [0.3, 0.4) is 0 Å². The van der Waals surface area contributed by atoms with Gasteiger partial charge in [0.1, 0.15) is 0 Å². The van der Waals surface area contributed by atoms with E-state index >= 15 is 0 Å². The number of aryl methyl sites for hydroxylation is 1. The maximum atomic E-state index is 12.2. The molecule has 1 fully saturated rings. The standard InChI is InChI=1S/C12H12BrN3O3/c1-7-14-11(19-15-7)8-2-4-16(6-8)12(17)10-9(13)3-5-18-10/h3,5,8H,2,4,6H2,1H3/t8-/m0/s1. The Hall–Kier alpha value is -1.63. The van der Waals surface area contributed by atoms with E-state index in [9.17, 15) is 4.79 Å². The molecule has 100 valence electrons. The molecule has 0 aromatic carbocycles. The van der Waals surface area contributed by atoms with Crippen molar-refractivity contribution in [2.24, 2.45) is 0 Å². The Balaban J connectivity index is 1.72. The first-order chi connectivity index (χ1) is 9.15. The topological polar surface area (TPSA) is 72.4 Å². The number of hydrogen-bond acceptors (Lipinski definition) is 5. The highest BCUT2D eigenvalue weighted by Gasteiger charge is 2.33. The van der Waals surface area contributed by atoms with Gasteiger partial charge in [0.05, 0.1) is 16.7 Å². The monoisotopic (exact) mass is 325 g/mol. The van der Waals surface area contributed by atoms with Crippen molar-refractivity contribution in [2.75, 3.05) is 13.1 Å². The second-order valence-electron chi connectivity index (χ2n) is 4.51. The van der Waals surface area contributed by atoms with Crippen LogP contribution in [0.5, 0.6) is 0 Å². The number of amides is 1. The van der Waals surface area contributed by atoms with Crippen LogP contribution in [0.4, 0.5) is 0 Å². The number of likely N-dealkylation sites (tertiary alicyclic amines) is 1. The molecule has 1 aliphatic rings. The average molecular weight is 326 g/mol. The second-order valence-corrected chi connectivity index (χ2v) is 5.37. The molecule has 0 N–H and O–H groups in total. The minimum Gasteiger partial charge on any atom is -0.458 e. The van der Waals surface area contributed by atoms with Crippen LogP contribution in [0.2, 0.25) is 0 Å². The van der Waals surface area contributed by atoms with Crippen molar-refractivity contribution >= 4 is 21.8 Å². The van der Waals surface area contributed by atoms with Gasteiger partial charge in [-0.15, -0.1) is 0 Å². The summed E-state index contributed by atoms with van der Waals surface area (Å²) in [6, 6.07) is 1.71. The SMILES string of the molecule is Cc1noc([C@H]2CCN(C(=O)c3occc3Br)C2)n1. The van der Waals surface area contributed by atoms with Crippen molar-refractivity contribution in [3.8, 4) is 0 Å². The summed E-state index contributed by atoms with van der Waals surface area (Å²) in [5, 5.41) is 3.78. The van der Waals surface area contributed by atoms with Gasteiger partial charge in [0.2, 0.25) is 11.7 Å². The Morgan fingerprint density at radius 3 is 3.05 bits per heavy atom. The van der Waals surface area contributed by atoms with E-state index in [1.54, 1.807) is 17.9 Å². The van der Waals surface area contributed by atoms with Crippen molar-refractivity contribution < 1.29 is 13.7 Å². The average Bonchev–Trinajstić information content (AvgIpc) is 3.07. The van der Waals surface area contributed by atoms with Gasteiger partial charge in [-0.25, -0.2) is 0 Å². The highest BCUT2D eigenvalue weighted by molar-refractivity contribution is 9.10. The Kier molecular flexibility index (Phi) is 3.14. The van der Waals surface area contributed by atoms with Crippen LogP contribution < -0.4 is 0 Å². The summed E-state index contributed by atoms with van der Waals surface area (Å²) < 4.78 is 11.0. The molecule has 1 saturated heterocycles. The Bertz CT molecular complexity index is 607. The number of rotatable bonds is 2. The molecule has 0 unspecified atom stereocenters. The van der Waals surface area contributed by atoms with Gasteiger partial charge in [-0.3, -0.25) is 4.79 Å². The minimum absolute atomic E-state index is 0.110. The third kappa shape index (κ3) is 2.30. The zero-order valence-electron chi connectivity index (χ0n) is 10.3. The number of nitrogens with zero attached hydrogens (tertiary/aromatic N) is 3. The highest BCUT2D eigenvalue weighted by Crippen LogP contribution is 2.28. The van der Waals surface area contributed by atoms with E-state index in [-0.39, 0.29) is 11.8 Å². The molecule has 0 saturated carbocycles. The summed E-state index contributed by atoms with van der Waals surface area (Å²) >= 11 is 3.30. The summed E-state index contributed by atoms with van der Waals surface area (Å²) in [5.74, 6) is 1.55. The maximum absolute atomic E-state index is 12.2. The third-order valence-electron chi connectivity index (χ3n) is 3.18. The fourth-order valence-corrected chi connectivity index (χ4v) is 2.59. The zero-order valence-corrected chi connectivity index (χ0v) is 11.9. The van der Waals surface area contributed by atoms with Crippen LogP contribution in [0.15, 0.2) is 25.7 Å². The molecular weight excluding hydrogens is 314 g/mol. The van der Waals surface area contributed by atoms with Crippen molar-refractivity contribution in [3.05, 3.63) is 34.3 Å². The van der Waals surface area contributed by atoms with Gasteiger partial charge in [-0.05, 0) is 35.3 Å². The van der Waals surface area contributed by atoms with Crippen LogP contribution in [0.1, 0.15) is 34.6 Å². The molecule has 7 heteroatoms. The molecule has 1 atom stereocenters. The lowest BCUT2D eigenvalue weighted by molar-refractivity contribution is 0.0757. The van der Waals surface area contributed by atoms with Gasteiger partial charge in [-0.1, -0.05) is 5.16 Å². The normalized spacial score (nSPS) is 19.1. The molecule has 0 bridgehead atoms. The van der Waals surface area contributed by atoms with Crippen LogP contribution in [0, 0.1) is 6.92 Å². The summed E-state index contributed by atoms with van der Waals surface area (Å²) in [4.78, 5) is 18.2. The third-order valence-corrected chi connectivity index (χ3v) is 3.80. The van der Waals surface area contributed by atoms with Gasteiger partial charge in [0.15, 0.2) is 5.82 Å². The number of hydrogen-bond donors (Lipinski definition) is 0. The molecule has 0 radical (unpaired) electrons.